The molecule has 0 bridgehead atoms. The van der Waals surface area contributed by atoms with Crippen molar-refractivity contribution in [3.8, 4) is 17.2 Å². The zero-order valence-electron chi connectivity index (χ0n) is 19.7. The smallest absolute Gasteiger partial charge is 0.404 e. The maximum atomic E-state index is 12.8. The monoisotopic (exact) mass is 534 g/mol. The molecule has 15 heteroatoms. The van der Waals surface area contributed by atoms with Crippen LogP contribution in [0.15, 0.2) is 18.2 Å². The molecule has 0 fully saturated rings. The van der Waals surface area contributed by atoms with Crippen LogP contribution in [0.2, 0.25) is 0 Å². The third-order valence-corrected chi connectivity index (χ3v) is 7.98. The van der Waals surface area contributed by atoms with E-state index in [-0.39, 0.29) is 56.9 Å². The predicted molar refractivity (Wildman–Crippen MR) is 121 cm³/mol. The van der Waals surface area contributed by atoms with E-state index in [4.69, 9.17) is 40.7 Å². The highest BCUT2D eigenvalue weighted by molar-refractivity contribution is 7.49. The van der Waals surface area contributed by atoms with Crippen LogP contribution in [-0.4, -0.2) is 39.6 Å². The van der Waals surface area contributed by atoms with Crippen molar-refractivity contribution in [3.05, 3.63) is 18.2 Å². The van der Waals surface area contributed by atoms with Crippen LogP contribution in [0.3, 0.4) is 0 Å². The van der Waals surface area contributed by atoms with Gasteiger partial charge >= 0.3 is 23.5 Å². The Morgan fingerprint density at radius 3 is 0.788 bits per heavy atom. The van der Waals surface area contributed by atoms with E-state index in [0.29, 0.717) is 0 Å². The summed E-state index contributed by atoms with van der Waals surface area (Å²) in [5.74, 6) is -0.356. The van der Waals surface area contributed by atoms with Gasteiger partial charge < -0.3 is 13.6 Å². The number of hydrogen-bond donors (Lipinski definition) is 0. The van der Waals surface area contributed by atoms with Gasteiger partial charge in [-0.1, -0.05) is 0 Å². The molecule has 0 saturated heterocycles. The number of rotatable bonds is 18. The average Bonchev–Trinajstić information content (AvgIpc) is 2.68. The lowest BCUT2D eigenvalue weighted by Gasteiger charge is -2.21. The SMILES string of the molecule is CCOP(=O)(OCC)Oc1cc(OP(=O)(OCC)OCC)cc(OP(=O)(OCC)OCC)c1. The second-order valence-corrected chi connectivity index (χ2v) is 10.5. The van der Waals surface area contributed by atoms with Crippen LogP contribution in [0.4, 0.5) is 0 Å². The summed E-state index contributed by atoms with van der Waals surface area (Å²) in [4.78, 5) is 0. The maximum Gasteiger partial charge on any atom is 0.530 e. The summed E-state index contributed by atoms with van der Waals surface area (Å²) >= 11 is 0. The molecule has 12 nitrogen and oxygen atoms in total. The Hall–Kier alpha value is -0.930. The minimum absolute atomic E-state index is 0.0462. The lowest BCUT2D eigenvalue weighted by atomic mass is 10.3. The summed E-state index contributed by atoms with van der Waals surface area (Å²) in [5.41, 5.74) is 0. The summed E-state index contributed by atoms with van der Waals surface area (Å²) in [6.45, 7) is 9.97. The molecule has 1 rings (SSSR count). The Bertz CT molecular complexity index is 710. The van der Waals surface area contributed by atoms with Gasteiger partial charge in [0.05, 0.1) is 39.6 Å². The first-order valence-corrected chi connectivity index (χ1v) is 14.9. The molecule has 0 atom stereocenters. The molecule has 0 heterocycles. The molecule has 0 aliphatic carbocycles. The van der Waals surface area contributed by atoms with Crippen LogP contribution in [-0.2, 0) is 40.8 Å². The van der Waals surface area contributed by atoms with E-state index in [1.165, 1.54) is 18.2 Å². The molecule has 33 heavy (non-hydrogen) atoms. The zero-order chi connectivity index (χ0) is 25.0. The molecule has 0 saturated carbocycles. The van der Waals surface area contributed by atoms with Gasteiger partial charge in [0.2, 0.25) is 0 Å². The highest BCUT2D eigenvalue weighted by Crippen LogP contribution is 2.55. The lowest BCUT2D eigenvalue weighted by Crippen LogP contribution is -2.05. The van der Waals surface area contributed by atoms with Gasteiger partial charge in [-0.05, 0) is 41.5 Å². The van der Waals surface area contributed by atoms with Crippen molar-refractivity contribution < 1.29 is 54.4 Å². The van der Waals surface area contributed by atoms with E-state index in [2.05, 4.69) is 0 Å². The van der Waals surface area contributed by atoms with Gasteiger partial charge in [0.1, 0.15) is 17.2 Å². The van der Waals surface area contributed by atoms with Crippen molar-refractivity contribution in [2.24, 2.45) is 0 Å². The molecule has 0 N–H and O–H groups in total. The van der Waals surface area contributed by atoms with Gasteiger partial charge in [-0.25, -0.2) is 13.7 Å². The fraction of sp³-hybridized carbons (Fsp3) is 0.667. The fourth-order valence-electron chi connectivity index (χ4n) is 2.31. The summed E-state index contributed by atoms with van der Waals surface area (Å²) < 4.78 is 85.6. The molecule has 1 aromatic carbocycles. The first-order valence-electron chi connectivity index (χ1n) is 10.5. The first kappa shape index (κ1) is 30.1. The van der Waals surface area contributed by atoms with E-state index >= 15 is 0 Å². The van der Waals surface area contributed by atoms with Crippen molar-refractivity contribution in [2.45, 2.75) is 41.5 Å². The van der Waals surface area contributed by atoms with E-state index in [0.717, 1.165) is 0 Å². The van der Waals surface area contributed by atoms with Crippen molar-refractivity contribution in [1.29, 1.82) is 0 Å². The van der Waals surface area contributed by atoms with Crippen LogP contribution in [0.5, 0.6) is 17.2 Å². The Morgan fingerprint density at radius 1 is 0.455 bits per heavy atom. The van der Waals surface area contributed by atoms with Gasteiger partial charge in [0, 0.05) is 18.2 Å². The number of hydrogen-bond acceptors (Lipinski definition) is 12. The van der Waals surface area contributed by atoms with Crippen LogP contribution < -0.4 is 13.6 Å². The second-order valence-electron chi connectivity index (χ2n) is 5.76. The Kier molecular flexibility index (Phi) is 13.2. The highest BCUT2D eigenvalue weighted by atomic mass is 31.2. The van der Waals surface area contributed by atoms with E-state index in [9.17, 15) is 13.7 Å². The van der Waals surface area contributed by atoms with Crippen molar-refractivity contribution in [3.63, 3.8) is 0 Å². The van der Waals surface area contributed by atoms with E-state index < -0.39 is 23.5 Å². The molecule has 0 unspecified atom stereocenters. The molecular formula is C18H33O12P3. The Morgan fingerprint density at radius 2 is 0.636 bits per heavy atom. The van der Waals surface area contributed by atoms with Crippen molar-refractivity contribution in [2.75, 3.05) is 39.6 Å². The Balaban J connectivity index is 3.44. The number of phosphoric ester groups is 3. The van der Waals surface area contributed by atoms with E-state index in [1.807, 2.05) is 0 Å². The van der Waals surface area contributed by atoms with Gasteiger partial charge in [0.15, 0.2) is 0 Å². The van der Waals surface area contributed by atoms with Crippen LogP contribution in [0, 0.1) is 0 Å². The van der Waals surface area contributed by atoms with Gasteiger partial charge in [0.25, 0.3) is 0 Å². The van der Waals surface area contributed by atoms with Crippen molar-refractivity contribution >= 4 is 23.5 Å². The molecule has 0 radical (unpaired) electrons. The summed E-state index contributed by atoms with van der Waals surface area (Å²) in [6, 6.07) is 3.73. The summed E-state index contributed by atoms with van der Waals surface area (Å²) in [5, 5.41) is 0. The third kappa shape index (κ3) is 10.5. The number of phosphoric acid groups is 3. The minimum Gasteiger partial charge on any atom is -0.404 e. The zero-order valence-corrected chi connectivity index (χ0v) is 22.4. The van der Waals surface area contributed by atoms with Gasteiger partial charge in [-0.3, -0.25) is 27.1 Å². The summed E-state index contributed by atoms with van der Waals surface area (Å²) in [7, 11) is -12.0. The molecule has 0 aromatic heterocycles. The van der Waals surface area contributed by atoms with Crippen LogP contribution in [0.1, 0.15) is 41.5 Å². The lowest BCUT2D eigenvalue weighted by molar-refractivity contribution is 0.165. The molecule has 0 aliphatic rings. The first-order chi connectivity index (χ1) is 15.6. The quantitative estimate of drug-likeness (QED) is 0.194. The third-order valence-electron chi connectivity index (χ3n) is 3.23. The topological polar surface area (TPSA) is 134 Å². The maximum absolute atomic E-state index is 12.8. The van der Waals surface area contributed by atoms with Gasteiger partial charge in [-0.15, -0.1) is 0 Å². The van der Waals surface area contributed by atoms with Crippen LogP contribution in [0.25, 0.3) is 0 Å². The van der Waals surface area contributed by atoms with Crippen LogP contribution >= 0.6 is 23.5 Å². The summed E-state index contributed by atoms with van der Waals surface area (Å²) in [6.07, 6.45) is 0. The average molecular weight is 534 g/mol. The Labute approximate surface area is 194 Å². The second kappa shape index (κ2) is 14.5. The largest absolute Gasteiger partial charge is 0.530 e. The molecule has 192 valence electrons. The molecule has 0 amide bonds. The van der Waals surface area contributed by atoms with E-state index in [1.54, 1.807) is 41.5 Å². The fourth-order valence-corrected chi connectivity index (χ4v) is 5.84. The molecule has 1 aromatic rings. The molecule has 0 aliphatic heterocycles. The number of benzene rings is 1. The predicted octanol–water partition coefficient (Wildman–Crippen LogP) is 6.37. The standard InChI is InChI=1S/C18H33O12P3/c1-7-22-31(19,23-8-2)28-16-13-17(29-32(20,24-9-3)25-10-4)15-18(14-16)30-33(21,26-11-5)27-12-6/h13-15H,7-12H2,1-6H3. The molecule has 0 spiro atoms. The van der Waals surface area contributed by atoms with Gasteiger partial charge in [-0.2, -0.15) is 0 Å². The molecular weight excluding hydrogens is 501 g/mol. The highest BCUT2D eigenvalue weighted by Gasteiger charge is 2.32. The minimum atomic E-state index is -4.01. The van der Waals surface area contributed by atoms with Crippen molar-refractivity contribution in [1.82, 2.24) is 0 Å². The normalized spacial score (nSPS) is 12.5.